The summed E-state index contributed by atoms with van der Waals surface area (Å²) in [6.07, 6.45) is 3.47. The number of rotatable bonds is 2. The summed E-state index contributed by atoms with van der Waals surface area (Å²) in [4.78, 5) is 50.3. The first-order chi connectivity index (χ1) is 11.3. The molecule has 130 valence electrons. The largest absolute Gasteiger partial charge is 0.330 e. The van der Waals surface area contributed by atoms with Crippen LogP contribution < -0.4 is 16.6 Å². The predicted molar refractivity (Wildman–Crippen MR) is 86.4 cm³/mol. The Kier molecular flexibility index (Phi) is 3.85. The Balaban J connectivity index is 1.94. The van der Waals surface area contributed by atoms with Crippen LogP contribution in [0.5, 0.6) is 0 Å². The van der Waals surface area contributed by atoms with Gasteiger partial charge in [-0.2, -0.15) is 0 Å². The topological polar surface area (TPSA) is 93.4 Å². The lowest BCUT2D eigenvalue weighted by Gasteiger charge is -2.36. The minimum atomic E-state index is -0.839. The SMILES string of the molecule is C[C@@H]1CCCC[C@]12NC(=O)N(Cc1cc(=O)n(C)c(=O)n1C)C2=O. The Morgan fingerprint density at radius 3 is 2.54 bits per heavy atom. The molecule has 1 aromatic rings. The first kappa shape index (κ1) is 16.5. The summed E-state index contributed by atoms with van der Waals surface area (Å²) >= 11 is 0. The normalized spacial score (nSPS) is 27.0. The van der Waals surface area contributed by atoms with Gasteiger partial charge in [-0.1, -0.05) is 19.8 Å². The van der Waals surface area contributed by atoms with E-state index in [-0.39, 0.29) is 18.4 Å². The third kappa shape index (κ3) is 2.28. The predicted octanol–water partition coefficient (Wildman–Crippen LogP) is 0.0847. The van der Waals surface area contributed by atoms with Crippen LogP contribution in [-0.4, -0.2) is 31.5 Å². The minimum absolute atomic E-state index is 0.0696. The molecule has 3 rings (SSSR count). The van der Waals surface area contributed by atoms with Crippen LogP contribution in [0.3, 0.4) is 0 Å². The molecule has 0 radical (unpaired) electrons. The van der Waals surface area contributed by atoms with Crippen molar-refractivity contribution in [3.05, 3.63) is 32.6 Å². The molecule has 2 aliphatic rings. The Hall–Kier alpha value is -2.38. The molecule has 8 heteroatoms. The molecule has 1 aromatic heterocycles. The van der Waals surface area contributed by atoms with Gasteiger partial charge in [-0.05, 0) is 18.8 Å². The van der Waals surface area contributed by atoms with Gasteiger partial charge in [0.2, 0.25) is 0 Å². The first-order valence-electron chi connectivity index (χ1n) is 8.18. The Bertz CT molecular complexity index is 824. The third-order valence-electron chi connectivity index (χ3n) is 5.45. The van der Waals surface area contributed by atoms with Crippen molar-refractivity contribution in [3.63, 3.8) is 0 Å². The van der Waals surface area contributed by atoms with Crippen molar-refractivity contribution >= 4 is 11.9 Å². The van der Waals surface area contributed by atoms with Crippen molar-refractivity contribution in [2.24, 2.45) is 20.0 Å². The molecule has 1 aliphatic carbocycles. The summed E-state index contributed by atoms with van der Waals surface area (Å²) < 4.78 is 2.28. The number of aromatic nitrogens is 2. The number of imide groups is 1. The Labute approximate surface area is 139 Å². The molecule has 1 aliphatic heterocycles. The molecule has 1 saturated carbocycles. The molecule has 2 heterocycles. The lowest BCUT2D eigenvalue weighted by molar-refractivity contribution is -0.134. The second-order valence-corrected chi connectivity index (χ2v) is 6.81. The maximum Gasteiger partial charge on any atom is 0.330 e. The maximum atomic E-state index is 12.9. The molecule has 3 amide bonds. The molecule has 1 saturated heterocycles. The number of carbonyl (C=O) groups is 2. The summed E-state index contributed by atoms with van der Waals surface area (Å²) in [5.74, 6) is -0.187. The molecule has 2 atom stereocenters. The minimum Gasteiger partial charge on any atom is -0.323 e. The van der Waals surface area contributed by atoms with Crippen LogP contribution >= 0.6 is 0 Å². The molecule has 1 N–H and O–H groups in total. The van der Waals surface area contributed by atoms with Gasteiger partial charge in [0.15, 0.2) is 0 Å². The Morgan fingerprint density at radius 2 is 1.88 bits per heavy atom. The second-order valence-electron chi connectivity index (χ2n) is 6.81. The van der Waals surface area contributed by atoms with Crippen molar-refractivity contribution in [2.75, 3.05) is 0 Å². The highest BCUT2D eigenvalue weighted by Crippen LogP contribution is 2.38. The van der Waals surface area contributed by atoms with Crippen LogP contribution in [-0.2, 0) is 25.4 Å². The molecule has 0 aromatic carbocycles. The first-order valence-corrected chi connectivity index (χ1v) is 8.18. The van der Waals surface area contributed by atoms with Gasteiger partial charge in [0.05, 0.1) is 6.54 Å². The van der Waals surface area contributed by atoms with E-state index < -0.39 is 22.8 Å². The van der Waals surface area contributed by atoms with Crippen molar-refractivity contribution in [1.29, 1.82) is 0 Å². The zero-order chi connectivity index (χ0) is 17.6. The zero-order valence-electron chi connectivity index (χ0n) is 14.2. The van der Waals surface area contributed by atoms with Gasteiger partial charge in [-0.25, -0.2) is 9.59 Å². The fourth-order valence-electron chi connectivity index (χ4n) is 3.73. The summed E-state index contributed by atoms with van der Waals surface area (Å²) in [7, 11) is 2.91. The number of hydrogen-bond acceptors (Lipinski definition) is 4. The van der Waals surface area contributed by atoms with Crippen molar-refractivity contribution in [3.8, 4) is 0 Å². The van der Waals surface area contributed by atoms with Gasteiger partial charge in [0.25, 0.3) is 11.5 Å². The summed E-state index contributed by atoms with van der Waals surface area (Å²) in [6, 6.07) is 0.832. The van der Waals surface area contributed by atoms with E-state index in [0.29, 0.717) is 12.1 Å². The van der Waals surface area contributed by atoms with Crippen LogP contribution in [0.1, 0.15) is 38.3 Å². The highest BCUT2D eigenvalue weighted by atomic mass is 16.2. The molecule has 0 bridgehead atoms. The van der Waals surface area contributed by atoms with E-state index >= 15 is 0 Å². The van der Waals surface area contributed by atoms with E-state index in [9.17, 15) is 19.2 Å². The van der Waals surface area contributed by atoms with E-state index in [1.807, 2.05) is 6.92 Å². The van der Waals surface area contributed by atoms with Gasteiger partial charge in [0, 0.05) is 25.9 Å². The van der Waals surface area contributed by atoms with Crippen molar-refractivity contribution in [1.82, 2.24) is 19.4 Å². The third-order valence-corrected chi connectivity index (χ3v) is 5.45. The number of amides is 3. The van der Waals surface area contributed by atoms with Gasteiger partial charge >= 0.3 is 11.7 Å². The number of carbonyl (C=O) groups excluding carboxylic acids is 2. The average molecular weight is 334 g/mol. The number of urea groups is 1. The van der Waals surface area contributed by atoms with Gasteiger partial charge in [-0.3, -0.25) is 23.6 Å². The number of nitrogens with one attached hydrogen (secondary N) is 1. The van der Waals surface area contributed by atoms with Crippen molar-refractivity contribution < 1.29 is 9.59 Å². The lowest BCUT2D eigenvalue weighted by Crippen LogP contribution is -2.53. The van der Waals surface area contributed by atoms with Crippen LogP contribution in [0.25, 0.3) is 0 Å². The fourth-order valence-corrected chi connectivity index (χ4v) is 3.73. The highest BCUT2D eigenvalue weighted by molar-refractivity contribution is 6.07. The van der Waals surface area contributed by atoms with E-state index in [0.717, 1.165) is 28.7 Å². The van der Waals surface area contributed by atoms with Gasteiger partial charge < -0.3 is 5.32 Å². The molecule has 2 fully saturated rings. The summed E-state index contributed by atoms with van der Waals surface area (Å²) in [5.41, 5.74) is -1.44. The second kappa shape index (κ2) is 5.61. The van der Waals surface area contributed by atoms with E-state index in [4.69, 9.17) is 0 Å². The fraction of sp³-hybridized carbons (Fsp3) is 0.625. The van der Waals surface area contributed by atoms with E-state index in [2.05, 4.69) is 5.32 Å². The van der Waals surface area contributed by atoms with Crippen molar-refractivity contribution in [2.45, 2.75) is 44.7 Å². The highest BCUT2D eigenvalue weighted by Gasteiger charge is 2.54. The summed E-state index contributed by atoms with van der Waals surface area (Å²) in [6.45, 7) is 1.90. The number of hydrogen-bond donors (Lipinski definition) is 1. The molecule has 24 heavy (non-hydrogen) atoms. The van der Waals surface area contributed by atoms with E-state index in [1.54, 1.807) is 0 Å². The monoisotopic (exact) mass is 334 g/mol. The van der Waals surface area contributed by atoms with Gasteiger partial charge in [0.1, 0.15) is 5.54 Å². The zero-order valence-corrected chi connectivity index (χ0v) is 14.2. The Morgan fingerprint density at radius 1 is 1.17 bits per heavy atom. The van der Waals surface area contributed by atoms with Crippen LogP contribution in [0.15, 0.2) is 15.7 Å². The van der Waals surface area contributed by atoms with Gasteiger partial charge in [-0.15, -0.1) is 0 Å². The maximum absolute atomic E-state index is 12.9. The van der Waals surface area contributed by atoms with E-state index in [1.165, 1.54) is 24.7 Å². The van der Waals surface area contributed by atoms with Crippen LogP contribution in [0, 0.1) is 5.92 Å². The van der Waals surface area contributed by atoms with Crippen LogP contribution in [0.2, 0.25) is 0 Å². The average Bonchev–Trinajstić information content (AvgIpc) is 2.78. The molecular formula is C16H22N4O4. The molecule has 1 spiro atoms. The summed E-state index contributed by atoms with van der Waals surface area (Å²) in [5, 5.41) is 2.87. The smallest absolute Gasteiger partial charge is 0.323 e. The standard InChI is InChI=1S/C16H22N4O4/c1-10-6-4-5-7-16(10)13(22)20(14(23)17-16)9-11-8-12(21)19(3)15(24)18(11)2/h8,10H,4-7,9H2,1-3H3,(H,17,23)/t10-,16+/m1/s1. The molecule has 8 nitrogen and oxygen atoms in total. The lowest BCUT2D eigenvalue weighted by atomic mass is 9.73. The quantitative estimate of drug-likeness (QED) is 0.776. The molecule has 0 unspecified atom stereocenters. The van der Waals surface area contributed by atoms with Crippen LogP contribution in [0.4, 0.5) is 4.79 Å². The number of nitrogens with zero attached hydrogens (tertiary/aromatic N) is 3. The molecular weight excluding hydrogens is 312 g/mol.